The first-order valence-electron chi connectivity index (χ1n) is 10.3. The number of hydrogen-bond acceptors (Lipinski definition) is 0. The summed E-state index contributed by atoms with van der Waals surface area (Å²) in [5, 5.41) is 0. The van der Waals surface area contributed by atoms with Crippen LogP contribution in [0, 0.1) is 70.0 Å². The van der Waals surface area contributed by atoms with Crippen LogP contribution >= 0.6 is 0 Å². The zero-order valence-electron chi connectivity index (χ0n) is 14.2. The third-order valence-electron chi connectivity index (χ3n) is 10.8. The van der Waals surface area contributed by atoms with E-state index in [0.29, 0.717) is 0 Å². The molecule has 0 aromatic heterocycles. The average molecular weight is 294 g/mol. The lowest BCUT2D eigenvalue weighted by Crippen LogP contribution is -2.47. The van der Waals surface area contributed by atoms with E-state index in [-0.39, 0.29) is 0 Å². The molecule has 0 heteroatoms. The predicted octanol–water partition coefficient (Wildman–Crippen LogP) is 5.15. The van der Waals surface area contributed by atoms with Crippen LogP contribution in [0.4, 0.5) is 0 Å². The Morgan fingerprint density at radius 3 is 2.64 bits per heavy atom. The summed E-state index contributed by atoms with van der Waals surface area (Å²) in [5.74, 6) is 11.0. The van der Waals surface area contributed by atoms with Crippen LogP contribution in [-0.2, 0) is 0 Å². The topological polar surface area (TPSA) is 0 Å². The van der Waals surface area contributed by atoms with E-state index in [9.17, 15) is 0 Å². The Morgan fingerprint density at radius 1 is 0.864 bits per heavy atom. The Labute approximate surface area is 135 Å². The van der Waals surface area contributed by atoms with Gasteiger partial charge in [-0.1, -0.05) is 26.0 Å². The highest BCUT2D eigenvalue weighted by molar-refractivity contribution is 5.28. The predicted molar refractivity (Wildman–Crippen MR) is 88.0 cm³/mol. The van der Waals surface area contributed by atoms with Crippen LogP contribution in [0.15, 0.2) is 12.2 Å². The van der Waals surface area contributed by atoms with Crippen LogP contribution in [0.5, 0.6) is 0 Å². The molecule has 0 aromatic carbocycles. The second kappa shape index (κ2) is 3.27. The van der Waals surface area contributed by atoms with Crippen LogP contribution in [-0.4, -0.2) is 0 Å². The largest absolute Gasteiger partial charge is 0.0848 e. The van der Waals surface area contributed by atoms with Crippen molar-refractivity contribution in [1.82, 2.24) is 0 Å². The quantitative estimate of drug-likeness (QED) is 0.428. The molecule has 6 saturated carbocycles. The van der Waals surface area contributed by atoms with Gasteiger partial charge in [0.2, 0.25) is 0 Å². The second-order valence-electron chi connectivity index (χ2n) is 11.2. The van der Waals surface area contributed by atoms with E-state index in [1.165, 1.54) is 6.42 Å². The van der Waals surface area contributed by atoms with Crippen LogP contribution in [0.3, 0.4) is 0 Å². The Bertz CT molecular complexity index is 603. The summed E-state index contributed by atoms with van der Waals surface area (Å²) >= 11 is 0. The van der Waals surface area contributed by atoms with E-state index < -0.39 is 0 Å². The van der Waals surface area contributed by atoms with E-state index in [2.05, 4.69) is 26.0 Å². The van der Waals surface area contributed by atoms with Crippen LogP contribution < -0.4 is 0 Å². The van der Waals surface area contributed by atoms with Crippen LogP contribution in [0.25, 0.3) is 0 Å². The van der Waals surface area contributed by atoms with Crippen molar-refractivity contribution in [2.45, 2.75) is 52.4 Å². The minimum absolute atomic E-state index is 0.738. The lowest BCUT2D eigenvalue weighted by molar-refractivity contribution is -0.0406. The molecule has 12 unspecified atom stereocenters. The van der Waals surface area contributed by atoms with Gasteiger partial charge in [0.15, 0.2) is 0 Å². The smallest absolute Gasteiger partial charge is 0.0194 e. The van der Waals surface area contributed by atoms with Crippen molar-refractivity contribution < 1.29 is 0 Å². The van der Waals surface area contributed by atoms with Gasteiger partial charge in [0, 0.05) is 0 Å². The molecule has 12 atom stereocenters. The van der Waals surface area contributed by atoms with Crippen molar-refractivity contribution >= 4 is 0 Å². The first-order valence-corrected chi connectivity index (χ1v) is 10.3. The van der Waals surface area contributed by atoms with Crippen LogP contribution in [0.1, 0.15) is 52.4 Å². The van der Waals surface area contributed by atoms with Gasteiger partial charge in [-0.25, -0.2) is 0 Å². The first-order chi connectivity index (χ1) is 10.6. The fraction of sp³-hybridized carbons (Fsp3) is 0.909. The van der Waals surface area contributed by atoms with E-state index in [0.717, 1.165) is 70.0 Å². The molecule has 0 N–H and O–H groups in total. The molecule has 118 valence electrons. The van der Waals surface area contributed by atoms with Gasteiger partial charge >= 0.3 is 0 Å². The van der Waals surface area contributed by atoms with Crippen molar-refractivity contribution in [1.29, 1.82) is 0 Å². The van der Waals surface area contributed by atoms with Gasteiger partial charge < -0.3 is 0 Å². The maximum atomic E-state index is 2.79. The lowest BCUT2D eigenvalue weighted by Gasteiger charge is -2.52. The third kappa shape index (κ3) is 1.01. The Hall–Kier alpha value is -0.260. The van der Waals surface area contributed by atoms with Crippen molar-refractivity contribution in [3.8, 4) is 0 Å². The molecule has 0 nitrogen and oxygen atoms in total. The molecule has 6 fully saturated rings. The molecule has 7 rings (SSSR count). The summed E-state index contributed by atoms with van der Waals surface area (Å²) in [6.45, 7) is 5.49. The van der Waals surface area contributed by atoms with E-state index >= 15 is 0 Å². The number of allylic oxidation sites excluding steroid dienone is 2. The highest BCUT2D eigenvalue weighted by Crippen LogP contribution is 2.83. The minimum atomic E-state index is 0.738. The van der Waals surface area contributed by atoms with Gasteiger partial charge in [0.1, 0.15) is 0 Å². The molecule has 7 aliphatic carbocycles. The van der Waals surface area contributed by atoms with E-state index in [1.54, 1.807) is 32.1 Å². The molecule has 0 amide bonds. The standard InChI is InChI=1S/C22H30/c1-21-6-5-13(9-21)18-16-10-22(2,20(18)21)19-15(16)8-14-11-3-4-12(7-11)17(14)19/h3-4,11-20H,5-10H2,1-2H3. The van der Waals surface area contributed by atoms with E-state index in [4.69, 9.17) is 0 Å². The molecule has 0 aromatic rings. The molecular formula is C22H30. The van der Waals surface area contributed by atoms with E-state index in [1.807, 2.05) is 0 Å². The third-order valence-corrected chi connectivity index (χ3v) is 10.8. The summed E-state index contributed by atoms with van der Waals surface area (Å²) < 4.78 is 0. The SMILES string of the molecule is CC12CCC(C1)C1C3CC(C)(C4C3CC3C5C=CC(C5)C34)C12. The van der Waals surface area contributed by atoms with Crippen molar-refractivity contribution in [2.75, 3.05) is 0 Å². The zero-order valence-corrected chi connectivity index (χ0v) is 14.2. The molecule has 22 heavy (non-hydrogen) atoms. The molecule has 0 aliphatic heterocycles. The monoisotopic (exact) mass is 294 g/mol. The molecule has 6 bridgehead atoms. The normalized spacial score (nSPS) is 74.8. The Kier molecular flexibility index (Phi) is 1.80. The van der Waals surface area contributed by atoms with Gasteiger partial charge in [-0.2, -0.15) is 0 Å². The fourth-order valence-electron chi connectivity index (χ4n) is 11.0. The summed E-state index contributed by atoms with van der Waals surface area (Å²) in [4.78, 5) is 0. The summed E-state index contributed by atoms with van der Waals surface area (Å²) in [6.07, 6.45) is 14.8. The number of rotatable bonds is 0. The summed E-state index contributed by atoms with van der Waals surface area (Å²) in [7, 11) is 0. The van der Waals surface area contributed by atoms with Crippen LogP contribution in [0.2, 0.25) is 0 Å². The zero-order chi connectivity index (χ0) is 14.4. The minimum Gasteiger partial charge on any atom is -0.0848 e. The highest BCUT2D eigenvalue weighted by atomic mass is 14.8. The molecule has 0 spiro atoms. The Balaban J connectivity index is 1.38. The highest BCUT2D eigenvalue weighted by Gasteiger charge is 2.77. The Morgan fingerprint density at radius 2 is 1.73 bits per heavy atom. The first kappa shape index (κ1) is 12.2. The number of hydrogen-bond donors (Lipinski definition) is 0. The summed E-state index contributed by atoms with van der Waals surface area (Å²) in [6, 6.07) is 0. The van der Waals surface area contributed by atoms with Gasteiger partial charge in [-0.05, 0) is 109 Å². The summed E-state index contributed by atoms with van der Waals surface area (Å²) in [5.41, 5.74) is 1.48. The molecule has 0 heterocycles. The fourth-order valence-corrected chi connectivity index (χ4v) is 11.0. The van der Waals surface area contributed by atoms with Crippen molar-refractivity contribution in [2.24, 2.45) is 70.0 Å². The van der Waals surface area contributed by atoms with Gasteiger partial charge in [-0.3, -0.25) is 0 Å². The molecule has 0 saturated heterocycles. The maximum absolute atomic E-state index is 2.79. The van der Waals surface area contributed by atoms with Crippen molar-refractivity contribution in [3.05, 3.63) is 12.2 Å². The lowest BCUT2D eigenvalue weighted by atomic mass is 9.53. The molecule has 0 radical (unpaired) electrons. The van der Waals surface area contributed by atoms with Gasteiger partial charge in [0.05, 0.1) is 0 Å². The van der Waals surface area contributed by atoms with Crippen molar-refractivity contribution in [3.63, 3.8) is 0 Å². The number of fused-ring (bicyclic) bond motifs is 18. The molecule has 7 aliphatic rings. The second-order valence-corrected chi connectivity index (χ2v) is 11.2. The maximum Gasteiger partial charge on any atom is -0.0194 e. The average Bonchev–Trinajstić information content (AvgIpc) is 3.26. The van der Waals surface area contributed by atoms with Gasteiger partial charge in [0.25, 0.3) is 0 Å². The molecular weight excluding hydrogens is 264 g/mol. The van der Waals surface area contributed by atoms with Gasteiger partial charge in [-0.15, -0.1) is 0 Å².